The lowest BCUT2D eigenvalue weighted by Crippen LogP contribution is -2.39. The molecule has 0 saturated heterocycles. The van der Waals surface area contributed by atoms with Crippen molar-refractivity contribution in [3.63, 3.8) is 0 Å². The van der Waals surface area contributed by atoms with E-state index < -0.39 is 0 Å². The maximum atomic E-state index is 5.95. The summed E-state index contributed by atoms with van der Waals surface area (Å²) >= 11 is 1.79. The van der Waals surface area contributed by atoms with Gasteiger partial charge in [-0.1, -0.05) is 25.1 Å². The Morgan fingerprint density at radius 3 is 2.96 bits per heavy atom. The van der Waals surface area contributed by atoms with E-state index in [4.69, 9.17) is 4.74 Å². The molecule has 1 aliphatic rings. The van der Waals surface area contributed by atoms with Gasteiger partial charge in [-0.3, -0.25) is 0 Å². The summed E-state index contributed by atoms with van der Waals surface area (Å²) < 4.78 is 5.95. The topological polar surface area (TPSA) is 58.5 Å². The second-order valence-corrected chi connectivity index (χ2v) is 7.22. The largest absolute Gasteiger partial charge is 0.488 e. The van der Waals surface area contributed by atoms with Crippen molar-refractivity contribution < 1.29 is 4.74 Å². The lowest BCUT2D eigenvalue weighted by atomic mass is 10.1. The van der Waals surface area contributed by atoms with Crippen molar-refractivity contribution in [2.24, 2.45) is 4.99 Å². The van der Waals surface area contributed by atoms with Crippen LogP contribution in [-0.2, 0) is 19.3 Å². The first-order valence-corrected chi connectivity index (χ1v) is 9.80. The highest BCUT2D eigenvalue weighted by Crippen LogP contribution is 2.28. The van der Waals surface area contributed by atoms with Gasteiger partial charge in [0.25, 0.3) is 0 Å². The molecule has 0 spiro atoms. The van der Waals surface area contributed by atoms with Crippen LogP contribution in [-0.4, -0.2) is 36.7 Å². The number of hydrogen-bond acceptors (Lipinski definition) is 4. The van der Waals surface area contributed by atoms with Crippen molar-refractivity contribution in [3.05, 3.63) is 45.9 Å². The zero-order valence-corrected chi connectivity index (χ0v) is 15.7. The number of rotatable bonds is 7. The third-order valence-electron chi connectivity index (χ3n) is 4.09. The van der Waals surface area contributed by atoms with Gasteiger partial charge in [-0.2, -0.15) is 0 Å². The number of nitrogens with one attached hydrogen (secondary N) is 2. The van der Waals surface area contributed by atoms with Crippen molar-refractivity contribution in [2.45, 2.75) is 39.2 Å². The number of nitrogens with zero attached hydrogens (tertiary/aromatic N) is 2. The zero-order chi connectivity index (χ0) is 17.5. The fraction of sp³-hybridized carbons (Fsp3) is 0.474. The molecule has 2 aromatic rings. The van der Waals surface area contributed by atoms with Gasteiger partial charge in [0.05, 0.1) is 11.6 Å². The van der Waals surface area contributed by atoms with Gasteiger partial charge >= 0.3 is 0 Å². The Kier molecular flexibility index (Phi) is 6.28. The van der Waals surface area contributed by atoms with Crippen LogP contribution in [0.1, 0.15) is 29.3 Å². The molecule has 1 aromatic carbocycles. The Labute approximate surface area is 153 Å². The number of fused-ring (bicyclic) bond motifs is 1. The van der Waals surface area contributed by atoms with Gasteiger partial charge in [0.15, 0.2) is 5.96 Å². The van der Waals surface area contributed by atoms with Crippen molar-refractivity contribution in [1.82, 2.24) is 15.6 Å². The molecule has 2 N–H and O–H groups in total. The smallest absolute Gasteiger partial charge is 0.191 e. The number of ether oxygens (including phenoxy) is 1. The first-order chi connectivity index (χ1) is 12.3. The minimum atomic E-state index is 0.124. The zero-order valence-electron chi connectivity index (χ0n) is 14.9. The lowest BCUT2D eigenvalue weighted by molar-refractivity contribution is 0.241. The standard InChI is InChI=1S/C19H26N4OS/c1-3-16-13-22-18(25-16)9-10-21-19(20-4-2)23-12-15-11-14-7-5-6-8-17(14)24-15/h5-8,13,15H,3-4,9-12H2,1-2H3,(H2,20,21,23). The van der Waals surface area contributed by atoms with Crippen molar-refractivity contribution in [2.75, 3.05) is 19.6 Å². The van der Waals surface area contributed by atoms with Gasteiger partial charge in [0.2, 0.25) is 0 Å². The Bertz CT molecular complexity index is 688. The molecule has 0 aliphatic carbocycles. The Morgan fingerprint density at radius 2 is 2.20 bits per heavy atom. The summed E-state index contributed by atoms with van der Waals surface area (Å²) in [6.45, 7) is 6.56. The first-order valence-electron chi connectivity index (χ1n) is 8.98. The molecule has 5 nitrogen and oxygen atoms in total. The molecule has 1 aromatic heterocycles. The van der Waals surface area contributed by atoms with Gasteiger partial charge in [-0.15, -0.1) is 11.3 Å². The second kappa shape index (κ2) is 8.85. The van der Waals surface area contributed by atoms with Gasteiger partial charge in [0.1, 0.15) is 11.9 Å². The molecule has 1 unspecified atom stereocenters. The summed E-state index contributed by atoms with van der Waals surface area (Å²) in [4.78, 5) is 10.5. The highest BCUT2D eigenvalue weighted by molar-refractivity contribution is 7.11. The third-order valence-corrected chi connectivity index (χ3v) is 5.29. The molecule has 3 rings (SSSR count). The van der Waals surface area contributed by atoms with E-state index in [9.17, 15) is 0 Å². The van der Waals surface area contributed by atoms with E-state index in [2.05, 4.69) is 46.6 Å². The fourth-order valence-electron chi connectivity index (χ4n) is 2.81. The highest BCUT2D eigenvalue weighted by atomic mass is 32.1. The van der Waals surface area contributed by atoms with E-state index in [0.717, 1.165) is 44.1 Å². The molecule has 0 amide bonds. The van der Waals surface area contributed by atoms with Crippen LogP contribution in [0.15, 0.2) is 35.5 Å². The number of guanidine groups is 1. The van der Waals surface area contributed by atoms with Crippen LogP contribution >= 0.6 is 11.3 Å². The van der Waals surface area contributed by atoms with E-state index in [1.54, 1.807) is 11.3 Å². The Balaban J connectivity index is 1.48. The summed E-state index contributed by atoms with van der Waals surface area (Å²) in [6.07, 6.45) is 5.00. The van der Waals surface area contributed by atoms with Gasteiger partial charge in [0, 0.05) is 37.0 Å². The van der Waals surface area contributed by atoms with Crippen LogP contribution in [0.3, 0.4) is 0 Å². The van der Waals surface area contributed by atoms with Crippen molar-refractivity contribution in [3.8, 4) is 5.75 Å². The first kappa shape index (κ1) is 17.7. The van der Waals surface area contributed by atoms with E-state index in [0.29, 0.717) is 6.54 Å². The minimum Gasteiger partial charge on any atom is -0.488 e. The Morgan fingerprint density at radius 1 is 1.32 bits per heavy atom. The summed E-state index contributed by atoms with van der Waals surface area (Å²) in [5.74, 6) is 1.84. The summed E-state index contributed by atoms with van der Waals surface area (Å²) in [5.41, 5.74) is 1.27. The van der Waals surface area contributed by atoms with Gasteiger partial charge < -0.3 is 15.4 Å². The number of aliphatic imine (C=N–C) groups is 1. The monoisotopic (exact) mass is 358 g/mol. The lowest BCUT2D eigenvalue weighted by Gasteiger charge is -2.13. The molecular weight excluding hydrogens is 332 g/mol. The third kappa shape index (κ3) is 4.95. The molecule has 0 saturated carbocycles. The number of para-hydroxylation sites is 1. The van der Waals surface area contributed by atoms with Crippen LogP contribution < -0.4 is 15.4 Å². The molecule has 1 aliphatic heterocycles. The van der Waals surface area contributed by atoms with E-state index >= 15 is 0 Å². The molecule has 1 atom stereocenters. The summed E-state index contributed by atoms with van der Waals surface area (Å²) in [5, 5.41) is 7.86. The quantitative estimate of drug-likeness (QED) is 0.590. The normalized spacial score (nSPS) is 16.4. The highest BCUT2D eigenvalue weighted by Gasteiger charge is 2.21. The minimum absolute atomic E-state index is 0.124. The summed E-state index contributed by atoms with van der Waals surface area (Å²) in [7, 11) is 0. The molecule has 6 heteroatoms. The van der Waals surface area contributed by atoms with Crippen molar-refractivity contribution in [1.29, 1.82) is 0 Å². The number of hydrogen-bond donors (Lipinski definition) is 2. The molecule has 2 heterocycles. The van der Waals surface area contributed by atoms with Crippen LogP contribution in [0, 0.1) is 0 Å². The average molecular weight is 359 g/mol. The molecule has 25 heavy (non-hydrogen) atoms. The van der Waals surface area contributed by atoms with Crippen LogP contribution in [0.2, 0.25) is 0 Å². The number of aromatic nitrogens is 1. The molecule has 0 fully saturated rings. The molecule has 0 bridgehead atoms. The molecule has 134 valence electrons. The SMILES string of the molecule is CCNC(=NCC1Cc2ccccc2O1)NCCc1ncc(CC)s1. The van der Waals surface area contributed by atoms with Crippen molar-refractivity contribution >= 4 is 17.3 Å². The van der Waals surface area contributed by atoms with Crippen LogP contribution in [0.4, 0.5) is 0 Å². The maximum absolute atomic E-state index is 5.95. The second-order valence-electron chi connectivity index (χ2n) is 6.02. The number of aryl methyl sites for hydroxylation is 1. The summed E-state index contributed by atoms with van der Waals surface area (Å²) in [6, 6.07) is 8.23. The van der Waals surface area contributed by atoms with Crippen LogP contribution in [0.5, 0.6) is 5.75 Å². The van der Waals surface area contributed by atoms with E-state index in [1.165, 1.54) is 15.4 Å². The predicted octanol–water partition coefficient (Wildman–Crippen LogP) is 2.81. The molecular formula is C19H26N4OS. The number of benzene rings is 1. The predicted molar refractivity (Wildman–Crippen MR) is 104 cm³/mol. The van der Waals surface area contributed by atoms with Gasteiger partial charge in [-0.25, -0.2) is 9.98 Å². The van der Waals surface area contributed by atoms with E-state index in [1.807, 2.05) is 18.3 Å². The Hall–Kier alpha value is -2.08. The van der Waals surface area contributed by atoms with Gasteiger partial charge in [-0.05, 0) is 25.0 Å². The average Bonchev–Trinajstić information content (AvgIpc) is 3.25. The van der Waals surface area contributed by atoms with Crippen LogP contribution in [0.25, 0.3) is 0 Å². The van der Waals surface area contributed by atoms with E-state index in [-0.39, 0.29) is 6.10 Å². The number of thiazole rings is 1. The molecule has 0 radical (unpaired) electrons. The maximum Gasteiger partial charge on any atom is 0.191 e. The fourth-order valence-corrected chi connectivity index (χ4v) is 3.67.